The summed E-state index contributed by atoms with van der Waals surface area (Å²) in [5, 5.41) is 9.41. The molecule has 0 radical (unpaired) electrons. The summed E-state index contributed by atoms with van der Waals surface area (Å²) in [6.45, 7) is 1.66. The minimum Gasteiger partial charge on any atom is -0.268 e. The fourth-order valence-corrected chi connectivity index (χ4v) is 5.62. The normalized spacial score (nSPS) is 15.1. The van der Waals surface area contributed by atoms with Crippen molar-refractivity contribution in [2.24, 2.45) is 0 Å². The van der Waals surface area contributed by atoms with Gasteiger partial charge in [-0.3, -0.25) is 9.36 Å². The first-order valence-corrected chi connectivity index (χ1v) is 10.8. The molecule has 29 heavy (non-hydrogen) atoms. The van der Waals surface area contributed by atoms with Crippen molar-refractivity contribution in [2.45, 2.75) is 49.2 Å². The Labute approximate surface area is 173 Å². The maximum absolute atomic E-state index is 13.5. The molecule has 2 heterocycles. The molecule has 4 nitrogen and oxygen atoms in total. The van der Waals surface area contributed by atoms with Crippen molar-refractivity contribution >= 4 is 33.3 Å². The van der Waals surface area contributed by atoms with Crippen molar-refractivity contribution in [3.8, 4) is 11.8 Å². The van der Waals surface area contributed by atoms with Crippen LogP contribution in [0.1, 0.15) is 35.8 Å². The predicted octanol–water partition coefficient (Wildman–Crippen LogP) is 5.35. The van der Waals surface area contributed by atoms with Crippen LogP contribution in [-0.4, -0.2) is 14.8 Å². The van der Waals surface area contributed by atoms with Gasteiger partial charge < -0.3 is 0 Å². The van der Waals surface area contributed by atoms with Gasteiger partial charge in [-0.05, 0) is 56.4 Å². The Morgan fingerprint density at radius 1 is 1.31 bits per heavy atom. The molecule has 1 aliphatic carbocycles. The minimum absolute atomic E-state index is 0.0997. The van der Waals surface area contributed by atoms with E-state index in [-0.39, 0.29) is 16.4 Å². The van der Waals surface area contributed by atoms with E-state index < -0.39 is 17.0 Å². The molecule has 3 aromatic rings. The lowest BCUT2D eigenvalue weighted by Crippen LogP contribution is -2.23. The summed E-state index contributed by atoms with van der Waals surface area (Å²) in [6, 6.07) is 6.74. The number of hydrogen-bond acceptors (Lipinski definition) is 5. The van der Waals surface area contributed by atoms with Gasteiger partial charge in [0, 0.05) is 4.88 Å². The first-order valence-electron chi connectivity index (χ1n) is 9.11. The number of aryl methyl sites for hydroxylation is 2. The van der Waals surface area contributed by atoms with E-state index in [1.54, 1.807) is 6.92 Å². The number of nitriles is 1. The van der Waals surface area contributed by atoms with E-state index in [9.17, 15) is 23.2 Å². The molecule has 0 fully saturated rings. The highest BCUT2D eigenvalue weighted by atomic mass is 32.2. The molecule has 0 bridgehead atoms. The molecule has 9 heteroatoms. The molecule has 1 atom stereocenters. The second kappa shape index (κ2) is 7.50. The number of rotatable bonds is 3. The Morgan fingerprint density at radius 2 is 2.07 bits per heavy atom. The van der Waals surface area contributed by atoms with Gasteiger partial charge in [0.25, 0.3) is 5.56 Å². The van der Waals surface area contributed by atoms with Gasteiger partial charge in [0.2, 0.25) is 0 Å². The zero-order valence-corrected chi connectivity index (χ0v) is 17.0. The number of thioether (sulfide) groups is 1. The van der Waals surface area contributed by atoms with Crippen LogP contribution in [0, 0.1) is 11.3 Å². The van der Waals surface area contributed by atoms with Crippen LogP contribution >= 0.6 is 23.1 Å². The SMILES string of the molecule is CC(C#N)Sc1nc2sc3c(c2c(=O)n1-c1cccc(C(F)(F)F)c1)CCCC3. The first kappa shape index (κ1) is 20.0. The fraction of sp³-hybridized carbons (Fsp3) is 0.350. The lowest BCUT2D eigenvalue weighted by Gasteiger charge is -2.15. The summed E-state index contributed by atoms with van der Waals surface area (Å²) < 4.78 is 40.9. The van der Waals surface area contributed by atoms with Crippen LogP contribution in [0.15, 0.2) is 34.2 Å². The quantitative estimate of drug-likeness (QED) is 0.411. The van der Waals surface area contributed by atoms with E-state index in [4.69, 9.17) is 0 Å². The summed E-state index contributed by atoms with van der Waals surface area (Å²) in [7, 11) is 0. The number of alkyl halides is 3. The second-order valence-electron chi connectivity index (χ2n) is 6.86. The third-order valence-corrected chi connectivity index (χ3v) is 6.98. The van der Waals surface area contributed by atoms with E-state index in [0.717, 1.165) is 60.0 Å². The van der Waals surface area contributed by atoms with Crippen molar-refractivity contribution in [3.63, 3.8) is 0 Å². The van der Waals surface area contributed by atoms with Crippen molar-refractivity contribution < 1.29 is 13.2 Å². The monoisotopic (exact) mass is 435 g/mol. The zero-order valence-electron chi connectivity index (χ0n) is 15.4. The molecule has 0 aliphatic heterocycles. The molecule has 0 saturated heterocycles. The fourth-order valence-electron chi connectivity index (χ4n) is 3.50. The standard InChI is InChI=1S/C20H16F3N3OS2/c1-11(10-24)28-19-25-17-16(14-7-2-3-8-15(14)29-17)18(27)26(19)13-6-4-5-12(9-13)20(21,22)23/h4-6,9,11H,2-3,7-8H2,1H3. The zero-order chi connectivity index (χ0) is 20.8. The molecule has 2 aromatic heterocycles. The molecule has 0 N–H and O–H groups in total. The van der Waals surface area contributed by atoms with Gasteiger partial charge in [0.05, 0.1) is 28.0 Å². The van der Waals surface area contributed by atoms with Crippen LogP contribution in [-0.2, 0) is 19.0 Å². The summed E-state index contributed by atoms with van der Waals surface area (Å²) in [4.78, 5) is 19.8. The van der Waals surface area contributed by atoms with Gasteiger partial charge >= 0.3 is 6.18 Å². The molecular formula is C20H16F3N3OS2. The molecular weight excluding hydrogens is 419 g/mol. The highest BCUT2D eigenvalue weighted by molar-refractivity contribution is 8.00. The number of thiophene rings is 1. The van der Waals surface area contributed by atoms with Crippen LogP contribution in [0.5, 0.6) is 0 Å². The summed E-state index contributed by atoms with van der Waals surface area (Å²) in [5.74, 6) is 0. The van der Waals surface area contributed by atoms with Gasteiger partial charge in [-0.25, -0.2) is 4.98 Å². The number of halogens is 3. The maximum Gasteiger partial charge on any atom is 0.416 e. The van der Waals surface area contributed by atoms with Crippen molar-refractivity contribution in [1.82, 2.24) is 9.55 Å². The van der Waals surface area contributed by atoms with Gasteiger partial charge in [0.1, 0.15) is 4.83 Å². The van der Waals surface area contributed by atoms with E-state index >= 15 is 0 Å². The van der Waals surface area contributed by atoms with Crippen molar-refractivity contribution in [1.29, 1.82) is 5.26 Å². The van der Waals surface area contributed by atoms with Crippen molar-refractivity contribution in [2.75, 3.05) is 0 Å². The molecule has 1 aromatic carbocycles. The maximum atomic E-state index is 13.5. The third kappa shape index (κ3) is 3.67. The predicted molar refractivity (Wildman–Crippen MR) is 108 cm³/mol. The van der Waals surface area contributed by atoms with Gasteiger partial charge in [0.15, 0.2) is 5.16 Å². The van der Waals surface area contributed by atoms with Gasteiger partial charge in [-0.2, -0.15) is 18.4 Å². The summed E-state index contributed by atoms with van der Waals surface area (Å²) in [6.07, 6.45) is -0.836. The van der Waals surface area contributed by atoms with Gasteiger partial charge in [-0.1, -0.05) is 17.8 Å². The topological polar surface area (TPSA) is 58.7 Å². The lowest BCUT2D eigenvalue weighted by molar-refractivity contribution is -0.137. The Hall–Kier alpha value is -2.31. The van der Waals surface area contributed by atoms with E-state index in [2.05, 4.69) is 11.1 Å². The summed E-state index contributed by atoms with van der Waals surface area (Å²) in [5.41, 5.74) is -0.137. The van der Waals surface area contributed by atoms with Crippen LogP contribution in [0.3, 0.4) is 0 Å². The summed E-state index contributed by atoms with van der Waals surface area (Å²) >= 11 is 2.54. The Bertz CT molecular complexity index is 1190. The highest BCUT2D eigenvalue weighted by Gasteiger charge is 2.31. The highest BCUT2D eigenvalue weighted by Crippen LogP contribution is 2.36. The van der Waals surface area contributed by atoms with E-state index in [1.165, 1.54) is 28.0 Å². The average Bonchev–Trinajstić information content (AvgIpc) is 3.06. The number of hydrogen-bond donors (Lipinski definition) is 0. The number of nitrogens with zero attached hydrogens (tertiary/aromatic N) is 3. The number of aromatic nitrogens is 2. The lowest BCUT2D eigenvalue weighted by atomic mass is 9.97. The van der Waals surface area contributed by atoms with Gasteiger partial charge in [-0.15, -0.1) is 11.3 Å². The Balaban J connectivity index is 2.00. The smallest absolute Gasteiger partial charge is 0.268 e. The minimum atomic E-state index is -4.52. The number of benzene rings is 1. The van der Waals surface area contributed by atoms with Crippen LogP contribution in [0.4, 0.5) is 13.2 Å². The van der Waals surface area contributed by atoms with E-state index in [1.807, 2.05) is 0 Å². The molecule has 0 spiro atoms. The van der Waals surface area contributed by atoms with Crippen LogP contribution in [0.25, 0.3) is 15.9 Å². The molecule has 150 valence electrons. The molecule has 0 saturated carbocycles. The third-order valence-electron chi connectivity index (χ3n) is 4.85. The molecule has 4 rings (SSSR count). The van der Waals surface area contributed by atoms with Crippen LogP contribution < -0.4 is 5.56 Å². The largest absolute Gasteiger partial charge is 0.416 e. The first-order chi connectivity index (χ1) is 13.8. The molecule has 1 aliphatic rings. The Morgan fingerprint density at radius 3 is 2.79 bits per heavy atom. The molecule has 1 unspecified atom stereocenters. The molecule has 0 amide bonds. The van der Waals surface area contributed by atoms with E-state index in [0.29, 0.717) is 10.2 Å². The van der Waals surface area contributed by atoms with Crippen molar-refractivity contribution in [3.05, 3.63) is 50.6 Å². The Kier molecular flexibility index (Phi) is 5.17. The van der Waals surface area contributed by atoms with Crippen LogP contribution in [0.2, 0.25) is 0 Å². The average molecular weight is 435 g/mol. The number of fused-ring (bicyclic) bond motifs is 3. The second-order valence-corrected chi connectivity index (χ2v) is 9.25.